The average Bonchev–Trinajstić information content (AvgIpc) is 2.45. The number of carbonyl (C=O) groups is 1. The Hall–Kier alpha value is -2.07. The van der Waals surface area contributed by atoms with Gasteiger partial charge in [-0.05, 0) is 17.7 Å². The number of methoxy groups -OCH3 is 1. The van der Waals surface area contributed by atoms with E-state index in [0.717, 1.165) is 6.07 Å². The molecule has 0 atom stereocenters. The van der Waals surface area contributed by atoms with Crippen molar-refractivity contribution in [1.82, 2.24) is 0 Å². The van der Waals surface area contributed by atoms with Crippen LogP contribution in [0.25, 0.3) is 11.1 Å². The van der Waals surface area contributed by atoms with E-state index < -0.39 is 11.6 Å². The molecule has 4 heteroatoms. The van der Waals surface area contributed by atoms with E-state index in [4.69, 9.17) is 4.74 Å². The van der Waals surface area contributed by atoms with Crippen molar-refractivity contribution in [3.63, 3.8) is 0 Å². The molecule has 0 aliphatic rings. The summed E-state index contributed by atoms with van der Waals surface area (Å²) in [6.45, 7) is 0.368. The summed E-state index contributed by atoms with van der Waals surface area (Å²) in [7, 11) is 1.54. The van der Waals surface area contributed by atoms with Crippen LogP contribution in [0.15, 0.2) is 42.5 Å². The Labute approximate surface area is 116 Å². The van der Waals surface area contributed by atoms with Crippen LogP contribution < -0.4 is 0 Å². The SMILES string of the molecule is COCCC(=O)c1ccc(-c2ccc(F)cc2F)cc1. The minimum absolute atomic E-state index is 0.0296. The first-order valence-corrected chi connectivity index (χ1v) is 6.19. The number of ether oxygens (including phenoxy) is 1. The predicted octanol–water partition coefficient (Wildman–Crippen LogP) is 3.85. The van der Waals surface area contributed by atoms with Gasteiger partial charge < -0.3 is 4.74 Å². The van der Waals surface area contributed by atoms with Gasteiger partial charge in [-0.1, -0.05) is 24.3 Å². The second-order valence-electron chi connectivity index (χ2n) is 4.37. The normalized spacial score (nSPS) is 10.6. The lowest BCUT2D eigenvalue weighted by atomic mass is 10.0. The molecule has 0 spiro atoms. The maximum atomic E-state index is 13.6. The molecule has 0 fully saturated rings. The highest BCUT2D eigenvalue weighted by Gasteiger charge is 2.09. The van der Waals surface area contributed by atoms with Gasteiger partial charge in [0.05, 0.1) is 6.61 Å². The van der Waals surface area contributed by atoms with Gasteiger partial charge in [-0.15, -0.1) is 0 Å². The number of benzene rings is 2. The minimum atomic E-state index is -0.622. The van der Waals surface area contributed by atoms with E-state index in [1.54, 1.807) is 24.3 Å². The molecule has 0 amide bonds. The first-order valence-electron chi connectivity index (χ1n) is 6.19. The smallest absolute Gasteiger partial charge is 0.165 e. The molecule has 2 aromatic carbocycles. The van der Waals surface area contributed by atoms with Crippen LogP contribution in [0.2, 0.25) is 0 Å². The number of carbonyl (C=O) groups excluding carboxylic acids is 1. The van der Waals surface area contributed by atoms with Crippen LogP contribution in [0.4, 0.5) is 8.78 Å². The fourth-order valence-electron chi connectivity index (χ4n) is 1.90. The van der Waals surface area contributed by atoms with Crippen molar-refractivity contribution < 1.29 is 18.3 Å². The van der Waals surface area contributed by atoms with Gasteiger partial charge in [-0.2, -0.15) is 0 Å². The Morgan fingerprint density at radius 2 is 1.80 bits per heavy atom. The monoisotopic (exact) mass is 276 g/mol. The van der Waals surface area contributed by atoms with Crippen molar-refractivity contribution in [3.05, 3.63) is 59.7 Å². The summed E-state index contributed by atoms with van der Waals surface area (Å²) in [5.41, 5.74) is 1.46. The highest BCUT2D eigenvalue weighted by atomic mass is 19.1. The Morgan fingerprint density at radius 1 is 1.10 bits per heavy atom. The third kappa shape index (κ3) is 3.27. The third-order valence-corrected chi connectivity index (χ3v) is 2.98. The zero-order valence-corrected chi connectivity index (χ0v) is 11.0. The van der Waals surface area contributed by atoms with Gasteiger partial charge in [-0.3, -0.25) is 4.79 Å². The number of hydrogen-bond acceptors (Lipinski definition) is 2. The maximum absolute atomic E-state index is 13.6. The largest absolute Gasteiger partial charge is 0.384 e. The number of hydrogen-bond donors (Lipinski definition) is 0. The molecule has 104 valence electrons. The predicted molar refractivity (Wildman–Crippen MR) is 72.6 cm³/mol. The van der Waals surface area contributed by atoms with Crippen LogP contribution in [0.5, 0.6) is 0 Å². The average molecular weight is 276 g/mol. The highest BCUT2D eigenvalue weighted by molar-refractivity contribution is 5.96. The van der Waals surface area contributed by atoms with Gasteiger partial charge in [0.2, 0.25) is 0 Å². The van der Waals surface area contributed by atoms with E-state index in [0.29, 0.717) is 29.7 Å². The summed E-state index contributed by atoms with van der Waals surface area (Å²) in [5, 5.41) is 0. The quantitative estimate of drug-likeness (QED) is 0.775. The van der Waals surface area contributed by atoms with Crippen LogP contribution in [0.1, 0.15) is 16.8 Å². The van der Waals surface area contributed by atoms with E-state index in [-0.39, 0.29) is 5.78 Å². The number of ketones is 1. The topological polar surface area (TPSA) is 26.3 Å². The molecule has 2 aromatic rings. The van der Waals surface area contributed by atoms with E-state index in [1.165, 1.54) is 19.2 Å². The van der Waals surface area contributed by atoms with Gasteiger partial charge >= 0.3 is 0 Å². The lowest BCUT2D eigenvalue weighted by Crippen LogP contribution is -2.03. The van der Waals surface area contributed by atoms with Gasteiger partial charge in [0.25, 0.3) is 0 Å². The maximum Gasteiger partial charge on any atom is 0.165 e. The van der Waals surface area contributed by atoms with Crippen molar-refractivity contribution in [1.29, 1.82) is 0 Å². The zero-order valence-electron chi connectivity index (χ0n) is 11.0. The molecule has 0 bridgehead atoms. The molecular weight excluding hydrogens is 262 g/mol. The van der Waals surface area contributed by atoms with Gasteiger partial charge in [0.1, 0.15) is 11.6 Å². The van der Waals surface area contributed by atoms with E-state index in [1.807, 2.05) is 0 Å². The van der Waals surface area contributed by atoms with Crippen molar-refractivity contribution >= 4 is 5.78 Å². The van der Waals surface area contributed by atoms with Crippen molar-refractivity contribution in [2.75, 3.05) is 13.7 Å². The summed E-state index contributed by atoms with van der Waals surface area (Å²) < 4.78 is 31.3. The Morgan fingerprint density at radius 3 is 2.40 bits per heavy atom. The van der Waals surface area contributed by atoms with Crippen molar-refractivity contribution in [2.24, 2.45) is 0 Å². The molecule has 0 aliphatic heterocycles. The van der Waals surface area contributed by atoms with Crippen LogP contribution in [-0.2, 0) is 4.74 Å². The number of Topliss-reactive ketones (excluding diaryl/α,β-unsaturated/α-hetero) is 1. The van der Waals surface area contributed by atoms with Crippen molar-refractivity contribution in [2.45, 2.75) is 6.42 Å². The van der Waals surface area contributed by atoms with E-state index >= 15 is 0 Å². The Kier molecular flexibility index (Phi) is 4.58. The standard InChI is InChI=1S/C16H14F2O2/c1-20-9-8-16(19)12-4-2-11(3-5-12)14-7-6-13(17)10-15(14)18/h2-7,10H,8-9H2,1H3. The second-order valence-corrected chi connectivity index (χ2v) is 4.37. The fraction of sp³-hybridized carbons (Fsp3) is 0.188. The molecule has 0 N–H and O–H groups in total. The second kappa shape index (κ2) is 6.39. The summed E-state index contributed by atoms with van der Waals surface area (Å²) in [4.78, 5) is 11.8. The number of rotatable bonds is 5. The lowest BCUT2D eigenvalue weighted by Gasteiger charge is -2.05. The van der Waals surface area contributed by atoms with Gasteiger partial charge in [0, 0.05) is 30.7 Å². The van der Waals surface area contributed by atoms with Crippen LogP contribution in [-0.4, -0.2) is 19.5 Å². The molecule has 0 aromatic heterocycles. The van der Waals surface area contributed by atoms with Gasteiger partial charge in [-0.25, -0.2) is 8.78 Å². The first kappa shape index (κ1) is 14.3. The molecule has 0 aliphatic carbocycles. The summed E-state index contributed by atoms with van der Waals surface area (Å²) in [5.74, 6) is -1.26. The van der Waals surface area contributed by atoms with E-state index in [2.05, 4.69) is 0 Å². The molecule has 0 unspecified atom stereocenters. The molecule has 0 radical (unpaired) electrons. The number of halogens is 2. The summed E-state index contributed by atoms with van der Waals surface area (Å²) in [6.07, 6.45) is 0.306. The van der Waals surface area contributed by atoms with Crippen LogP contribution in [0, 0.1) is 11.6 Å². The fourth-order valence-corrected chi connectivity index (χ4v) is 1.90. The van der Waals surface area contributed by atoms with Gasteiger partial charge in [0.15, 0.2) is 5.78 Å². The summed E-state index contributed by atoms with van der Waals surface area (Å²) in [6, 6.07) is 9.99. The Bertz CT molecular complexity index is 606. The lowest BCUT2D eigenvalue weighted by molar-refractivity contribution is 0.0932. The summed E-state index contributed by atoms with van der Waals surface area (Å²) >= 11 is 0. The van der Waals surface area contributed by atoms with Crippen LogP contribution >= 0.6 is 0 Å². The third-order valence-electron chi connectivity index (χ3n) is 2.98. The van der Waals surface area contributed by atoms with Crippen molar-refractivity contribution in [3.8, 4) is 11.1 Å². The molecule has 2 nitrogen and oxygen atoms in total. The minimum Gasteiger partial charge on any atom is -0.384 e. The highest BCUT2D eigenvalue weighted by Crippen LogP contribution is 2.24. The van der Waals surface area contributed by atoms with Crippen LogP contribution in [0.3, 0.4) is 0 Å². The van der Waals surface area contributed by atoms with E-state index in [9.17, 15) is 13.6 Å². The Balaban J connectivity index is 2.21. The molecule has 0 saturated carbocycles. The zero-order chi connectivity index (χ0) is 14.5. The molecule has 2 rings (SSSR count). The molecule has 20 heavy (non-hydrogen) atoms. The first-order chi connectivity index (χ1) is 9.61. The molecule has 0 saturated heterocycles. The molecule has 0 heterocycles. The molecular formula is C16H14F2O2.